The largest absolute Gasteiger partial charge is 0.463 e. The zero-order valence-electron chi connectivity index (χ0n) is 12.5. The average Bonchev–Trinajstić information content (AvgIpc) is 2.95. The van der Waals surface area contributed by atoms with Crippen LogP contribution in [0.15, 0.2) is 30.3 Å². The summed E-state index contributed by atoms with van der Waals surface area (Å²) in [6, 6.07) is 8.63. The molecule has 0 saturated carbocycles. The summed E-state index contributed by atoms with van der Waals surface area (Å²) in [5.41, 5.74) is 6.06. The standard InChI is InChI=1S/C14H16N4O5/c1-21-13(20)11-16-14(15)18(17-11)9-22-7-8-23-12(19)10-5-3-2-4-6-10/h2-6H,7-9H2,1H3,(H2,15,16,17). The molecule has 122 valence electrons. The van der Waals surface area contributed by atoms with Gasteiger partial charge in [-0.25, -0.2) is 14.3 Å². The number of hydrogen-bond donors (Lipinski definition) is 1. The van der Waals surface area contributed by atoms with Gasteiger partial charge in [0.05, 0.1) is 19.3 Å². The van der Waals surface area contributed by atoms with Gasteiger partial charge in [0.2, 0.25) is 5.95 Å². The van der Waals surface area contributed by atoms with Gasteiger partial charge in [-0.3, -0.25) is 0 Å². The van der Waals surface area contributed by atoms with Crippen LogP contribution in [0.3, 0.4) is 0 Å². The van der Waals surface area contributed by atoms with Crippen LogP contribution in [0.2, 0.25) is 0 Å². The number of carbonyl (C=O) groups is 2. The lowest BCUT2D eigenvalue weighted by Gasteiger charge is -2.06. The summed E-state index contributed by atoms with van der Waals surface area (Å²) in [6.07, 6.45) is 0. The number of nitrogens with zero attached hydrogens (tertiary/aromatic N) is 3. The number of aromatic nitrogens is 3. The zero-order valence-corrected chi connectivity index (χ0v) is 12.5. The van der Waals surface area contributed by atoms with E-state index in [9.17, 15) is 9.59 Å². The second-order valence-electron chi connectivity index (χ2n) is 4.32. The number of esters is 2. The third-order valence-electron chi connectivity index (χ3n) is 2.75. The van der Waals surface area contributed by atoms with Crippen molar-refractivity contribution in [2.24, 2.45) is 0 Å². The highest BCUT2D eigenvalue weighted by Crippen LogP contribution is 2.03. The van der Waals surface area contributed by atoms with Crippen LogP contribution >= 0.6 is 0 Å². The van der Waals surface area contributed by atoms with Crippen LogP contribution in [-0.4, -0.2) is 47.0 Å². The van der Waals surface area contributed by atoms with Crippen molar-refractivity contribution < 1.29 is 23.8 Å². The first kappa shape index (κ1) is 16.4. The van der Waals surface area contributed by atoms with Crippen LogP contribution < -0.4 is 5.73 Å². The lowest BCUT2D eigenvalue weighted by atomic mass is 10.2. The smallest absolute Gasteiger partial charge is 0.378 e. The maximum Gasteiger partial charge on any atom is 0.378 e. The predicted molar refractivity (Wildman–Crippen MR) is 78.5 cm³/mol. The van der Waals surface area contributed by atoms with Gasteiger partial charge in [0.15, 0.2) is 0 Å². The molecule has 9 nitrogen and oxygen atoms in total. The minimum atomic E-state index is -0.688. The Morgan fingerprint density at radius 1 is 1.17 bits per heavy atom. The highest BCUT2D eigenvalue weighted by atomic mass is 16.6. The molecule has 0 aliphatic carbocycles. The van der Waals surface area contributed by atoms with Gasteiger partial charge in [0, 0.05) is 0 Å². The van der Waals surface area contributed by atoms with Crippen LogP contribution in [0.5, 0.6) is 0 Å². The van der Waals surface area contributed by atoms with Crippen LogP contribution in [0, 0.1) is 0 Å². The van der Waals surface area contributed by atoms with Crippen molar-refractivity contribution in [1.29, 1.82) is 0 Å². The van der Waals surface area contributed by atoms with Crippen molar-refractivity contribution >= 4 is 17.9 Å². The van der Waals surface area contributed by atoms with Crippen LogP contribution in [0.25, 0.3) is 0 Å². The Bertz CT molecular complexity index is 671. The summed E-state index contributed by atoms with van der Waals surface area (Å²) in [7, 11) is 1.22. The summed E-state index contributed by atoms with van der Waals surface area (Å²) < 4.78 is 16.0. The Morgan fingerprint density at radius 3 is 2.61 bits per heavy atom. The normalized spacial score (nSPS) is 10.3. The second-order valence-corrected chi connectivity index (χ2v) is 4.32. The van der Waals surface area contributed by atoms with E-state index in [1.54, 1.807) is 24.3 Å². The van der Waals surface area contributed by atoms with Gasteiger partial charge in [0.1, 0.15) is 13.3 Å². The molecular formula is C14H16N4O5. The minimum Gasteiger partial charge on any atom is -0.463 e. The first-order valence-electron chi connectivity index (χ1n) is 6.70. The average molecular weight is 320 g/mol. The first-order valence-corrected chi connectivity index (χ1v) is 6.70. The van der Waals surface area contributed by atoms with E-state index in [0.717, 1.165) is 0 Å². The third kappa shape index (κ3) is 4.51. The SMILES string of the molecule is COC(=O)c1nc(N)n(COCCOC(=O)c2ccccc2)n1. The number of anilines is 1. The summed E-state index contributed by atoms with van der Waals surface area (Å²) in [5.74, 6) is -1.24. The summed E-state index contributed by atoms with van der Waals surface area (Å²) in [4.78, 5) is 26.7. The van der Waals surface area contributed by atoms with E-state index in [2.05, 4.69) is 14.8 Å². The minimum absolute atomic E-state index is 0.0201. The van der Waals surface area contributed by atoms with Gasteiger partial charge < -0.3 is 19.9 Å². The van der Waals surface area contributed by atoms with E-state index in [1.165, 1.54) is 11.8 Å². The van der Waals surface area contributed by atoms with E-state index >= 15 is 0 Å². The van der Waals surface area contributed by atoms with Gasteiger partial charge in [-0.05, 0) is 12.1 Å². The molecule has 0 aliphatic heterocycles. The lowest BCUT2D eigenvalue weighted by Crippen LogP contribution is -2.14. The Morgan fingerprint density at radius 2 is 1.91 bits per heavy atom. The summed E-state index contributed by atoms with van der Waals surface area (Å²) in [6.45, 7) is 0.191. The number of rotatable bonds is 7. The number of benzene rings is 1. The van der Waals surface area contributed by atoms with Crippen molar-refractivity contribution in [2.45, 2.75) is 6.73 Å². The number of nitrogens with two attached hydrogens (primary N) is 1. The molecule has 0 atom stereocenters. The molecule has 0 bridgehead atoms. The first-order chi connectivity index (χ1) is 11.1. The predicted octanol–water partition coefficient (Wildman–Crippen LogP) is 0.478. The highest BCUT2D eigenvalue weighted by molar-refractivity contribution is 5.89. The molecule has 0 amide bonds. The van der Waals surface area contributed by atoms with Crippen molar-refractivity contribution in [1.82, 2.24) is 14.8 Å². The third-order valence-corrected chi connectivity index (χ3v) is 2.75. The number of ether oxygens (including phenoxy) is 3. The van der Waals surface area contributed by atoms with Crippen LogP contribution in [-0.2, 0) is 20.9 Å². The van der Waals surface area contributed by atoms with Crippen LogP contribution in [0.1, 0.15) is 21.0 Å². The molecule has 0 aliphatic rings. The maximum atomic E-state index is 11.7. The molecule has 0 saturated heterocycles. The number of nitrogen functional groups attached to an aromatic ring is 1. The quantitative estimate of drug-likeness (QED) is 0.578. The topological polar surface area (TPSA) is 119 Å². The molecule has 0 unspecified atom stereocenters. The molecule has 23 heavy (non-hydrogen) atoms. The maximum absolute atomic E-state index is 11.7. The number of carbonyl (C=O) groups excluding carboxylic acids is 2. The van der Waals surface area contributed by atoms with Crippen LogP contribution in [0.4, 0.5) is 5.95 Å². The lowest BCUT2D eigenvalue weighted by molar-refractivity contribution is 0.0148. The molecule has 2 rings (SSSR count). The molecule has 1 aromatic heterocycles. The Balaban J connectivity index is 1.73. The van der Waals surface area contributed by atoms with Gasteiger partial charge in [-0.2, -0.15) is 4.98 Å². The molecule has 9 heteroatoms. The fraction of sp³-hybridized carbons (Fsp3) is 0.286. The Kier molecular flexibility index (Phi) is 5.64. The van der Waals surface area contributed by atoms with Crippen molar-refractivity contribution in [3.05, 3.63) is 41.7 Å². The number of hydrogen-bond acceptors (Lipinski definition) is 8. The Labute approximate surface area is 132 Å². The van der Waals surface area contributed by atoms with E-state index in [1.807, 2.05) is 6.07 Å². The van der Waals surface area contributed by atoms with E-state index in [-0.39, 0.29) is 31.7 Å². The molecule has 0 radical (unpaired) electrons. The summed E-state index contributed by atoms with van der Waals surface area (Å²) in [5, 5.41) is 3.83. The zero-order chi connectivity index (χ0) is 16.7. The van der Waals surface area contributed by atoms with E-state index in [0.29, 0.717) is 5.56 Å². The fourth-order valence-electron chi connectivity index (χ4n) is 1.63. The van der Waals surface area contributed by atoms with Crippen molar-refractivity contribution in [3.8, 4) is 0 Å². The van der Waals surface area contributed by atoms with E-state index in [4.69, 9.17) is 15.2 Å². The van der Waals surface area contributed by atoms with Gasteiger partial charge in [0.25, 0.3) is 5.82 Å². The van der Waals surface area contributed by atoms with E-state index < -0.39 is 11.9 Å². The molecule has 2 N–H and O–H groups in total. The van der Waals surface area contributed by atoms with Gasteiger partial charge in [-0.15, -0.1) is 5.10 Å². The van der Waals surface area contributed by atoms with Crippen molar-refractivity contribution in [3.63, 3.8) is 0 Å². The molecule has 1 aromatic carbocycles. The Hall–Kier alpha value is -2.94. The molecule has 0 spiro atoms. The summed E-state index contributed by atoms with van der Waals surface area (Å²) >= 11 is 0. The molecule has 0 fully saturated rings. The molecular weight excluding hydrogens is 304 g/mol. The molecule has 2 aromatic rings. The van der Waals surface area contributed by atoms with Crippen molar-refractivity contribution in [2.75, 3.05) is 26.1 Å². The van der Waals surface area contributed by atoms with Gasteiger partial charge >= 0.3 is 11.9 Å². The fourth-order valence-corrected chi connectivity index (χ4v) is 1.63. The second kappa shape index (κ2) is 7.90. The van der Waals surface area contributed by atoms with Gasteiger partial charge in [-0.1, -0.05) is 18.2 Å². The number of methoxy groups -OCH3 is 1. The molecule has 1 heterocycles. The monoisotopic (exact) mass is 320 g/mol. The highest BCUT2D eigenvalue weighted by Gasteiger charge is 2.15.